The number of hydrogen-bond acceptors (Lipinski definition) is 3. The molecule has 0 aromatic carbocycles. The maximum Gasteiger partial charge on any atom is 0.138 e. The lowest BCUT2D eigenvalue weighted by molar-refractivity contribution is -0.118. The topological polar surface area (TPSA) is 47.8 Å². The highest BCUT2D eigenvalue weighted by Crippen LogP contribution is 2.08. The number of aryl methyl sites for hydroxylation is 1. The summed E-state index contributed by atoms with van der Waals surface area (Å²) in [7, 11) is 0. The van der Waals surface area contributed by atoms with Crippen LogP contribution in [0.4, 0.5) is 0 Å². The second-order valence-electron chi connectivity index (χ2n) is 3.96. The highest BCUT2D eigenvalue weighted by Gasteiger charge is 2.07. The van der Waals surface area contributed by atoms with Crippen LogP contribution in [0.5, 0.6) is 0 Å². The van der Waals surface area contributed by atoms with Crippen LogP contribution in [0.2, 0.25) is 0 Å². The van der Waals surface area contributed by atoms with E-state index in [1.165, 1.54) is 0 Å². The molecule has 84 valence electrons. The molecule has 15 heavy (non-hydrogen) atoms. The van der Waals surface area contributed by atoms with Gasteiger partial charge in [-0.2, -0.15) is 5.10 Å². The van der Waals surface area contributed by atoms with Crippen molar-refractivity contribution in [2.45, 2.75) is 52.5 Å². The van der Waals surface area contributed by atoms with Gasteiger partial charge in [-0.25, -0.2) is 9.67 Å². The van der Waals surface area contributed by atoms with E-state index in [1.54, 1.807) is 6.33 Å². The molecule has 1 aromatic heterocycles. The Morgan fingerprint density at radius 3 is 2.87 bits per heavy atom. The Bertz CT molecular complexity index is 317. The number of Topliss-reactive ketones (excluding diaryl/α,β-unsaturated/α-hetero) is 1. The smallest absolute Gasteiger partial charge is 0.138 e. The first-order valence-corrected chi connectivity index (χ1v) is 5.55. The van der Waals surface area contributed by atoms with Crippen LogP contribution in [0.15, 0.2) is 6.33 Å². The quantitative estimate of drug-likeness (QED) is 0.721. The minimum absolute atomic E-state index is 0.325. The molecule has 1 heterocycles. The average Bonchev–Trinajstić information content (AvgIpc) is 2.65. The number of aromatic nitrogens is 3. The maximum absolute atomic E-state index is 11.1. The first-order chi connectivity index (χ1) is 7.15. The molecule has 0 atom stereocenters. The second kappa shape index (κ2) is 5.63. The molecule has 0 N–H and O–H groups in total. The molecule has 1 aromatic rings. The van der Waals surface area contributed by atoms with Gasteiger partial charge in [0.1, 0.15) is 17.9 Å². The van der Waals surface area contributed by atoms with Gasteiger partial charge in [-0.05, 0) is 20.3 Å². The summed E-state index contributed by atoms with van der Waals surface area (Å²) < 4.78 is 1.91. The van der Waals surface area contributed by atoms with Gasteiger partial charge in [0.2, 0.25) is 0 Å². The van der Waals surface area contributed by atoms with E-state index in [1.807, 2.05) is 11.6 Å². The minimum Gasteiger partial charge on any atom is -0.300 e. The van der Waals surface area contributed by atoms with E-state index in [9.17, 15) is 4.79 Å². The fraction of sp³-hybridized carbons (Fsp3) is 0.727. The average molecular weight is 209 g/mol. The molecule has 0 aliphatic heterocycles. The zero-order valence-corrected chi connectivity index (χ0v) is 9.73. The minimum atomic E-state index is 0.325. The molecule has 0 radical (unpaired) electrons. The SMILES string of the molecule is CCC(=O)CCCc1ncnn1C(C)C. The van der Waals surface area contributed by atoms with Gasteiger partial charge >= 0.3 is 0 Å². The summed E-state index contributed by atoms with van der Waals surface area (Å²) in [5.41, 5.74) is 0. The molecule has 0 fully saturated rings. The van der Waals surface area contributed by atoms with Crippen molar-refractivity contribution in [3.05, 3.63) is 12.2 Å². The number of carbonyl (C=O) groups excluding carboxylic acids is 1. The molecular weight excluding hydrogens is 190 g/mol. The molecule has 0 spiro atoms. The van der Waals surface area contributed by atoms with Crippen molar-refractivity contribution in [1.29, 1.82) is 0 Å². The van der Waals surface area contributed by atoms with Crippen molar-refractivity contribution >= 4 is 5.78 Å². The summed E-state index contributed by atoms with van der Waals surface area (Å²) in [6.45, 7) is 6.06. The van der Waals surface area contributed by atoms with Crippen molar-refractivity contribution in [3.8, 4) is 0 Å². The zero-order valence-electron chi connectivity index (χ0n) is 9.73. The highest BCUT2D eigenvalue weighted by atomic mass is 16.1. The molecule has 0 saturated carbocycles. The predicted octanol–water partition coefficient (Wildman–Crippen LogP) is 2.16. The Balaban J connectivity index is 2.43. The van der Waals surface area contributed by atoms with Gasteiger partial charge < -0.3 is 0 Å². The summed E-state index contributed by atoms with van der Waals surface area (Å²) in [4.78, 5) is 15.3. The molecule has 1 rings (SSSR count). The Morgan fingerprint density at radius 1 is 1.53 bits per heavy atom. The van der Waals surface area contributed by atoms with Crippen molar-refractivity contribution < 1.29 is 4.79 Å². The van der Waals surface area contributed by atoms with Gasteiger partial charge in [0.05, 0.1) is 0 Å². The van der Waals surface area contributed by atoms with Crippen LogP contribution in [0.3, 0.4) is 0 Å². The van der Waals surface area contributed by atoms with Gasteiger partial charge in [-0.3, -0.25) is 4.79 Å². The standard InChI is InChI=1S/C11H19N3O/c1-4-10(15)6-5-7-11-12-8-13-14(11)9(2)3/h8-9H,4-7H2,1-3H3. The lowest BCUT2D eigenvalue weighted by Crippen LogP contribution is -2.08. The third-order valence-corrected chi connectivity index (χ3v) is 2.39. The summed E-state index contributed by atoms with van der Waals surface area (Å²) in [6, 6.07) is 0.337. The number of rotatable bonds is 6. The van der Waals surface area contributed by atoms with Gasteiger partial charge in [0.15, 0.2) is 0 Å². The van der Waals surface area contributed by atoms with Gasteiger partial charge in [-0.15, -0.1) is 0 Å². The van der Waals surface area contributed by atoms with Crippen LogP contribution < -0.4 is 0 Å². The van der Waals surface area contributed by atoms with Crippen molar-refractivity contribution in [2.75, 3.05) is 0 Å². The van der Waals surface area contributed by atoms with E-state index in [-0.39, 0.29) is 0 Å². The van der Waals surface area contributed by atoms with Gasteiger partial charge in [0.25, 0.3) is 0 Å². The number of ketones is 1. The van der Waals surface area contributed by atoms with E-state index in [0.717, 1.165) is 18.7 Å². The summed E-state index contributed by atoms with van der Waals surface area (Å²) in [5, 5.41) is 4.15. The Hall–Kier alpha value is -1.19. The molecule has 4 heteroatoms. The number of hydrogen-bond donors (Lipinski definition) is 0. The molecule has 0 aliphatic carbocycles. The molecule has 0 saturated heterocycles. The van der Waals surface area contributed by atoms with Gasteiger partial charge in [-0.1, -0.05) is 6.92 Å². The Morgan fingerprint density at radius 2 is 2.27 bits per heavy atom. The number of nitrogens with zero attached hydrogens (tertiary/aromatic N) is 3. The summed E-state index contributed by atoms with van der Waals surface area (Å²) in [5.74, 6) is 1.31. The lowest BCUT2D eigenvalue weighted by atomic mass is 10.1. The van der Waals surface area contributed by atoms with Crippen LogP contribution in [-0.2, 0) is 11.2 Å². The second-order valence-corrected chi connectivity index (χ2v) is 3.96. The fourth-order valence-electron chi connectivity index (χ4n) is 1.50. The van der Waals surface area contributed by atoms with E-state index >= 15 is 0 Å². The number of carbonyl (C=O) groups is 1. The van der Waals surface area contributed by atoms with E-state index in [4.69, 9.17) is 0 Å². The third kappa shape index (κ3) is 3.46. The zero-order chi connectivity index (χ0) is 11.3. The fourth-order valence-corrected chi connectivity index (χ4v) is 1.50. The molecule has 0 aliphatic rings. The molecule has 0 unspecified atom stereocenters. The Kier molecular flexibility index (Phi) is 4.46. The largest absolute Gasteiger partial charge is 0.300 e. The van der Waals surface area contributed by atoms with Crippen molar-refractivity contribution in [2.24, 2.45) is 0 Å². The van der Waals surface area contributed by atoms with Crippen LogP contribution in [0, 0.1) is 0 Å². The summed E-state index contributed by atoms with van der Waals surface area (Å²) >= 11 is 0. The summed E-state index contributed by atoms with van der Waals surface area (Å²) in [6.07, 6.45) is 4.58. The lowest BCUT2D eigenvalue weighted by Gasteiger charge is -2.08. The van der Waals surface area contributed by atoms with Crippen molar-refractivity contribution in [3.63, 3.8) is 0 Å². The monoisotopic (exact) mass is 209 g/mol. The van der Waals surface area contributed by atoms with E-state index in [0.29, 0.717) is 24.7 Å². The predicted molar refractivity (Wildman–Crippen MR) is 58.6 cm³/mol. The first kappa shape index (κ1) is 11.9. The third-order valence-electron chi connectivity index (χ3n) is 2.39. The van der Waals surface area contributed by atoms with E-state index < -0.39 is 0 Å². The Labute approximate surface area is 90.7 Å². The van der Waals surface area contributed by atoms with Gasteiger partial charge in [0, 0.05) is 25.3 Å². The van der Waals surface area contributed by atoms with E-state index in [2.05, 4.69) is 23.9 Å². The van der Waals surface area contributed by atoms with Crippen LogP contribution in [0.25, 0.3) is 0 Å². The molecule has 4 nitrogen and oxygen atoms in total. The first-order valence-electron chi connectivity index (χ1n) is 5.55. The normalized spacial score (nSPS) is 10.9. The molecule has 0 amide bonds. The maximum atomic E-state index is 11.1. The van der Waals surface area contributed by atoms with Crippen LogP contribution in [0.1, 0.15) is 51.9 Å². The van der Waals surface area contributed by atoms with Crippen molar-refractivity contribution in [1.82, 2.24) is 14.8 Å². The molecular formula is C11H19N3O. The molecule has 0 bridgehead atoms. The highest BCUT2D eigenvalue weighted by molar-refractivity contribution is 5.77. The van der Waals surface area contributed by atoms with Crippen LogP contribution >= 0.6 is 0 Å². The van der Waals surface area contributed by atoms with Crippen LogP contribution in [-0.4, -0.2) is 20.5 Å².